The molecule has 0 atom stereocenters. The molecule has 6 nitrogen and oxygen atoms in total. The van der Waals surface area contributed by atoms with E-state index in [1.165, 1.54) is 0 Å². The minimum atomic E-state index is -0.218. The second kappa shape index (κ2) is 1.46. The Morgan fingerprint density at radius 3 is 2.75 bits per heavy atom. The molecular weight excluding hydrogens is 110 g/mol. The van der Waals surface area contributed by atoms with Crippen molar-refractivity contribution in [2.75, 3.05) is 0 Å². The first-order valence-corrected chi connectivity index (χ1v) is 1.72. The average Bonchev–Trinajstić information content (AvgIpc) is 2.14. The van der Waals surface area contributed by atoms with Crippen LogP contribution in [0.4, 0.5) is 0 Å². The van der Waals surface area contributed by atoms with E-state index in [0.717, 1.165) is 0 Å². The van der Waals surface area contributed by atoms with Crippen LogP contribution in [0, 0.1) is 11.3 Å². The molecule has 0 aliphatic carbocycles. The van der Waals surface area contributed by atoms with E-state index in [1.807, 2.05) is 0 Å². The summed E-state index contributed by atoms with van der Waals surface area (Å²) in [4.78, 5) is 0.306. The lowest BCUT2D eigenvalue weighted by Gasteiger charge is -1.78. The van der Waals surface area contributed by atoms with Crippen molar-refractivity contribution in [3.05, 3.63) is 5.82 Å². The Morgan fingerprint density at radius 2 is 2.50 bits per heavy atom. The monoisotopic (exact) mass is 111 g/mol. The molecule has 1 rings (SSSR count). The van der Waals surface area contributed by atoms with Gasteiger partial charge in [0.25, 0.3) is 5.82 Å². The molecule has 0 radical (unpaired) electrons. The van der Waals surface area contributed by atoms with Crippen molar-refractivity contribution in [1.82, 2.24) is 20.4 Å². The fourth-order valence-electron chi connectivity index (χ4n) is 0.250. The van der Waals surface area contributed by atoms with Crippen molar-refractivity contribution in [2.24, 2.45) is 0 Å². The average molecular weight is 111 g/mol. The van der Waals surface area contributed by atoms with Crippen LogP contribution in [0.25, 0.3) is 0 Å². The molecule has 1 aromatic heterocycles. The standard InChI is InChI=1S/C2HN5O/c3-1-2-4-5-6-7(2)8/h8H. The molecule has 1 N–H and O–H groups in total. The van der Waals surface area contributed by atoms with Crippen LogP contribution in [-0.2, 0) is 0 Å². The number of nitriles is 1. The van der Waals surface area contributed by atoms with E-state index in [-0.39, 0.29) is 5.82 Å². The van der Waals surface area contributed by atoms with Gasteiger partial charge in [0, 0.05) is 0 Å². The molecule has 0 unspecified atom stereocenters. The van der Waals surface area contributed by atoms with Crippen LogP contribution in [0.1, 0.15) is 5.82 Å². The van der Waals surface area contributed by atoms with E-state index in [1.54, 1.807) is 6.07 Å². The molecule has 0 aliphatic rings. The van der Waals surface area contributed by atoms with Crippen LogP contribution in [0.15, 0.2) is 0 Å². The number of aromatic nitrogens is 4. The third-order valence-electron chi connectivity index (χ3n) is 0.554. The number of rotatable bonds is 0. The smallest absolute Gasteiger partial charge is 0.291 e. The third kappa shape index (κ3) is 0.459. The van der Waals surface area contributed by atoms with Gasteiger partial charge in [-0.1, -0.05) is 5.10 Å². The summed E-state index contributed by atoms with van der Waals surface area (Å²) in [6, 6.07) is 1.55. The molecule has 0 amide bonds. The van der Waals surface area contributed by atoms with E-state index in [0.29, 0.717) is 4.85 Å². The Kier molecular flexibility index (Phi) is 0.823. The predicted octanol–water partition coefficient (Wildman–Crippen LogP) is -1.22. The summed E-state index contributed by atoms with van der Waals surface area (Å²) in [5.41, 5.74) is 0. The van der Waals surface area contributed by atoms with Gasteiger partial charge in [-0.2, -0.15) is 5.26 Å². The van der Waals surface area contributed by atoms with Crippen LogP contribution >= 0.6 is 0 Å². The van der Waals surface area contributed by atoms with E-state index < -0.39 is 0 Å². The van der Waals surface area contributed by atoms with Crippen molar-refractivity contribution in [3.8, 4) is 6.07 Å². The molecule has 0 saturated carbocycles. The summed E-state index contributed by atoms with van der Waals surface area (Å²) in [5.74, 6) is -0.218. The molecular formula is C2HN5O. The van der Waals surface area contributed by atoms with Crippen molar-refractivity contribution in [2.45, 2.75) is 0 Å². The maximum atomic E-state index is 8.41. The molecule has 0 fully saturated rings. The Morgan fingerprint density at radius 1 is 1.75 bits per heavy atom. The number of nitrogens with zero attached hydrogens (tertiary/aromatic N) is 5. The fraction of sp³-hybridized carbons (Fsp3) is 0. The van der Waals surface area contributed by atoms with Crippen LogP contribution in [0.3, 0.4) is 0 Å². The molecule has 0 spiro atoms. The Bertz CT molecular complexity index is 221. The Hall–Kier alpha value is -1.64. The summed E-state index contributed by atoms with van der Waals surface area (Å²) in [6.45, 7) is 0. The number of hydrogen-bond acceptors (Lipinski definition) is 5. The summed E-state index contributed by atoms with van der Waals surface area (Å²) in [6.07, 6.45) is 0. The van der Waals surface area contributed by atoms with Gasteiger partial charge in [0.1, 0.15) is 6.07 Å². The Balaban J connectivity index is 3.15. The van der Waals surface area contributed by atoms with E-state index >= 15 is 0 Å². The van der Waals surface area contributed by atoms with E-state index in [4.69, 9.17) is 10.5 Å². The van der Waals surface area contributed by atoms with Crippen molar-refractivity contribution in [1.29, 1.82) is 5.26 Å². The second-order valence-electron chi connectivity index (χ2n) is 1.00. The SMILES string of the molecule is N#Cc1nnnn1O. The minimum Gasteiger partial charge on any atom is -0.408 e. The second-order valence-corrected chi connectivity index (χ2v) is 1.00. The van der Waals surface area contributed by atoms with Gasteiger partial charge in [0.15, 0.2) is 0 Å². The zero-order valence-electron chi connectivity index (χ0n) is 3.68. The quantitative estimate of drug-likeness (QED) is 0.424. The third-order valence-corrected chi connectivity index (χ3v) is 0.554. The van der Waals surface area contributed by atoms with Gasteiger partial charge in [0.2, 0.25) is 0 Å². The lowest BCUT2D eigenvalue weighted by molar-refractivity contribution is 0.140. The molecule has 0 bridgehead atoms. The molecule has 40 valence electrons. The van der Waals surface area contributed by atoms with Crippen LogP contribution in [0.5, 0.6) is 0 Å². The van der Waals surface area contributed by atoms with Crippen molar-refractivity contribution >= 4 is 0 Å². The van der Waals surface area contributed by atoms with Gasteiger partial charge in [0.05, 0.1) is 0 Å². The minimum absolute atomic E-state index is 0.218. The number of tetrazole rings is 1. The van der Waals surface area contributed by atoms with Gasteiger partial charge in [-0.25, -0.2) is 0 Å². The molecule has 0 aromatic carbocycles. The van der Waals surface area contributed by atoms with E-state index in [2.05, 4.69) is 15.5 Å². The lowest BCUT2D eigenvalue weighted by Crippen LogP contribution is -1.95. The lowest BCUT2D eigenvalue weighted by atomic mass is 10.7. The first-order chi connectivity index (χ1) is 3.84. The highest BCUT2D eigenvalue weighted by Crippen LogP contribution is 1.78. The van der Waals surface area contributed by atoms with Gasteiger partial charge >= 0.3 is 0 Å². The highest BCUT2D eigenvalue weighted by atomic mass is 16.5. The maximum absolute atomic E-state index is 8.41. The summed E-state index contributed by atoms with van der Waals surface area (Å²) < 4.78 is 0. The van der Waals surface area contributed by atoms with Crippen molar-refractivity contribution < 1.29 is 5.21 Å². The predicted molar refractivity (Wildman–Crippen MR) is 19.7 cm³/mol. The van der Waals surface area contributed by atoms with Gasteiger partial charge in [-0.3, -0.25) is 0 Å². The molecule has 0 aliphatic heterocycles. The van der Waals surface area contributed by atoms with Crippen LogP contribution in [0.2, 0.25) is 0 Å². The molecule has 6 heteroatoms. The zero-order chi connectivity index (χ0) is 5.98. The molecule has 8 heavy (non-hydrogen) atoms. The van der Waals surface area contributed by atoms with Crippen LogP contribution < -0.4 is 0 Å². The highest BCUT2D eigenvalue weighted by molar-refractivity contribution is 5.03. The first kappa shape index (κ1) is 4.52. The van der Waals surface area contributed by atoms with Crippen LogP contribution in [-0.4, -0.2) is 25.6 Å². The molecule has 0 saturated heterocycles. The summed E-state index contributed by atoms with van der Waals surface area (Å²) >= 11 is 0. The van der Waals surface area contributed by atoms with Gasteiger partial charge in [-0.05, 0) is 15.3 Å². The van der Waals surface area contributed by atoms with Crippen molar-refractivity contribution in [3.63, 3.8) is 0 Å². The first-order valence-electron chi connectivity index (χ1n) is 1.72. The highest BCUT2D eigenvalue weighted by Gasteiger charge is 1.98. The normalized spacial score (nSPS) is 8.38. The maximum Gasteiger partial charge on any atom is 0.291 e. The topological polar surface area (TPSA) is 87.6 Å². The van der Waals surface area contributed by atoms with Gasteiger partial charge in [-0.15, -0.1) is 0 Å². The summed E-state index contributed by atoms with van der Waals surface area (Å²) in [7, 11) is 0. The van der Waals surface area contributed by atoms with Gasteiger partial charge < -0.3 is 5.21 Å². The number of hydrogen-bond donors (Lipinski definition) is 1. The molecule has 1 heterocycles. The summed E-state index contributed by atoms with van der Waals surface area (Å²) in [5, 5.41) is 25.5. The Labute approximate surface area is 43.9 Å². The zero-order valence-corrected chi connectivity index (χ0v) is 3.68. The van der Waals surface area contributed by atoms with E-state index in [9.17, 15) is 0 Å². The largest absolute Gasteiger partial charge is 0.408 e. The molecule has 1 aromatic rings. The fourth-order valence-corrected chi connectivity index (χ4v) is 0.250.